The summed E-state index contributed by atoms with van der Waals surface area (Å²) in [7, 11) is 0. The summed E-state index contributed by atoms with van der Waals surface area (Å²) >= 11 is 1.76. The molecule has 2 amide bonds. The molecular formula is C16H26N2O2S. The summed E-state index contributed by atoms with van der Waals surface area (Å²) in [6.45, 7) is 6.35. The van der Waals surface area contributed by atoms with Gasteiger partial charge in [-0.05, 0) is 49.6 Å². The van der Waals surface area contributed by atoms with Crippen LogP contribution in [0.2, 0.25) is 0 Å². The van der Waals surface area contributed by atoms with Crippen LogP contribution in [0.1, 0.15) is 31.4 Å². The maximum absolute atomic E-state index is 11.9. The van der Waals surface area contributed by atoms with Crippen molar-refractivity contribution in [3.63, 3.8) is 0 Å². The number of anilines is 1. The number of hydrogen-bond donors (Lipinski definition) is 3. The van der Waals surface area contributed by atoms with E-state index in [0.717, 1.165) is 17.0 Å². The van der Waals surface area contributed by atoms with Gasteiger partial charge in [0, 0.05) is 18.0 Å². The van der Waals surface area contributed by atoms with E-state index in [1.165, 1.54) is 5.56 Å². The quantitative estimate of drug-likeness (QED) is 0.723. The summed E-state index contributed by atoms with van der Waals surface area (Å²) < 4.78 is 0. The van der Waals surface area contributed by atoms with Gasteiger partial charge in [0.2, 0.25) is 0 Å². The Morgan fingerprint density at radius 1 is 1.38 bits per heavy atom. The Labute approximate surface area is 131 Å². The second kappa shape index (κ2) is 8.95. The average molecular weight is 310 g/mol. The third-order valence-corrected chi connectivity index (χ3v) is 3.95. The van der Waals surface area contributed by atoms with Crippen LogP contribution in [0.5, 0.6) is 0 Å². The first-order chi connectivity index (χ1) is 9.93. The van der Waals surface area contributed by atoms with Crippen molar-refractivity contribution in [1.82, 2.24) is 5.32 Å². The number of hydrogen-bond acceptors (Lipinski definition) is 3. The van der Waals surface area contributed by atoms with Crippen molar-refractivity contribution in [3.8, 4) is 0 Å². The second-order valence-electron chi connectivity index (χ2n) is 5.55. The number of thioether (sulfide) groups is 1. The molecule has 0 saturated carbocycles. The molecule has 0 saturated heterocycles. The molecule has 2 atom stereocenters. The van der Waals surface area contributed by atoms with Crippen LogP contribution in [-0.4, -0.2) is 30.0 Å². The molecule has 0 aliphatic rings. The van der Waals surface area contributed by atoms with Crippen molar-refractivity contribution in [2.45, 2.75) is 39.0 Å². The lowest BCUT2D eigenvalue weighted by atomic mass is 10.1. The van der Waals surface area contributed by atoms with Gasteiger partial charge in [0.1, 0.15) is 0 Å². The molecular weight excluding hydrogens is 284 g/mol. The van der Waals surface area contributed by atoms with E-state index in [4.69, 9.17) is 0 Å². The second-order valence-corrected chi connectivity index (χ2v) is 6.41. The van der Waals surface area contributed by atoms with Crippen LogP contribution in [0.15, 0.2) is 18.2 Å². The number of carbonyl (C=O) groups is 1. The lowest BCUT2D eigenvalue weighted by Gasteiger charge is -2.16. The standard InChI is InChI=1S/C16H26N2O2S/c1-11(8-12(2)19)9-17-16(20)18-15-7-5-6-14(10-21-4)13(15)3/h5-7,11-12,19H,8-10H2,1-4H3,(H2,17,18,20)/t11-,12-/m0/s1. The highest BCUT2D eigenvalue weighted by Crippen LogP contribution is 2.21. The number of aliphatic hydroxyl groups excluding tert-OH is 1. The number of carbonyl (C=O) groups excluding carboxylic acids is 1. The molecule has 0 bridgehead atoms. The van der Waals surface area contributed by atoms with Crippen molar-refractivity contribution in [2.75, 3.05) is 18.1 Å². The molecule has 0 heterocycles. The van der Waals surface area contributed by atoms with Gasteiger partial charge in [0.25, 0.3) is 0 Å². The van der Waals surface area contributed by atoms with Gasteiger partial charge in [-0.25, -0.2) is 4.79 Å². The smallest absolute Gasteiger partial charge is 0.319 e. The van der Waals surface area contributed by atoms with Crippen LogP contribution < -0.4 is 10.6 Å². The van der Waals surface area contributed by atoms with E-state index in [0.29, 0.717) is 13.0 Å². The number of amides is 2. The van der Waals surface area contributed by atoms with Gasteiger partial charge in [-0.1, -0.05) is 19.1 Å². The molecule has 0 aliphatic heterocycles. The number of aliphatic hydroxyl groups is 1. The highest BCUT2D eigenvalue weighted by Gasteiger charge is 2.10. The summed E-state index contributed by atoms with van der Waals surface area (Å²) in [6.07, 6.45) is 2.41. The van der Waals surface area contributed by atoms with Crippen LogP contribution in [-0.2, 0) is 5.75 Å². The summed E-state index contributed by atoms with van der Waals surface area (Å²) in [4.78, 5) is 11.9. The highest BCUT2D eigenvalue weighted by atomic mass is 32.2. The number of rotatable bonds is 7. The summed E-state index contributed by atoms with van der Waals surface area (Å²) in [5.74, 6) is 1.19. The van der Waals surface area contributed by atoms with Gasteiger partial charge in [0.05, 0.1) is 6.10 Å². The van der Waals surface area contributed by atoms with Gasteiger partial charge in [-0.3, -0.25) is 0 Å². The Morgan fingerprint density at radius 3 is 2.71 bits per heavy atom. The third-order valence-electron chi connectivity index (χ3n) is 3.35. The van der Waals surface area contributed by atoms with E-state index in [1.807, 2.05) is 26.0 Å². The summed E-state index contributed by atoms with van der Waals surface area (Å²) in [5, 5.41) is 15.1. The molecule has 3 N–H and O–H groups in total. The van der Waals surface area contributed by atoms with E-state index >= 15 is 0 Å². The average Bonchev–Trinajstić information content (AvgIpc) is 2.40. The topological polar surface area (TPSA) is 61.4 Å². The summed E-state index contributed by atoms with van der Waals surface area (Å²) in [6, 6.07) is 5.76. The molecule has 1 aromatic carbocycles. The number of benzene rings is 1. The number of urea groups is 1. The first kappa shape index (κ1) is 17.9. The van der Waals surface area contributed by atoms with Crippen LogP contribution >= 0.6 is 11.8 Å². The van der Waals surface area contributed by atoms with Crippen LogP contribution in [0.25, 0.3) is 0 Å². The van der Waals surface area contributed by atoms with E-state index in [2.05, 4.69) is 23.0 Å². The zero-order valence-electron chi connectivity index (χ0n) is 13.3. The van der Waals surface area contributed by atoms with Crippen LogP contribution in [0.3, 0.4) is 0 Å². The Kier molecular flexibility index (Phi) is 7.61. The molecule has 0 aromatic heterocycles. The molecule has 118 valence electrons. The molecule has 21 heavy (non-hydrogen) atoms. The highest BCUT2D eigenvalue weighted by molar-refractivity contribution is 7.97. The molecule has 1 aromatic rings. The normalized spacial score (nSPS) is 13.6. The minimum absolute atomic E-state index is 0.197. The number of nitrogens with one attached hydrogen (secondary N) is 2. The zero-order chi connectivity index (χ0) is 15.8. The third kappa shape index (κ3) is 6.40. The molecule has 4 nitrogen and oxygen atoms in total. The van der Waals surface area contributed by atoms with Gasteiger partial charge in [-0.2, -0.15) is 11.8 Å². The fourth-order valence-corrected chi connectivity index (χ4v) is 2.85. The van der Waals surface area contributed by atoms with E-state index < -0.39 is 0 Å². The van der Waals surface area contributed by atoms with Gasteiger partial charge >= 0.3 is 6.03 Å². The van der Waals surface area contributed by atoms with Gasteiger partial charge < -0.3 is 15.7 Å². The fourth-order valence-electron chi connectivity index (χ4n) is 2.23. The van der Waals surface area contributed by atoms with Crippen molar-refractivity contribution in [1.29, 1.82) is 0 Å². The van der Waals surface area contributed by atoms with Crippen molar-refractivity contribution in [3.05, 3.63) is 29.3 Å². The predicted octanol–water partition coefficient (Wildman–Crippen LogP) is 3.39. The first-order valence-corrected chi connectivity index (χ1v) is 8.63. The molecule has 0 aliphatic carbocycles. The maximum Gasteiger partial charge on any atom is 0.319 e. The van der Waals surface area contributed by atoms with Crippen LogP contribution in [0.4, 0.5) is 10.5 Å². The Bertz CT molecular complexity index is 464. The van der Waals surface area contributed by atoms with E-state index in [1.54, 1.807) is 18.7 Å². The first-order valence-electron chi connectivity index (χ1n) is 7.24. The summed E-state index contributed by atoms with van der Waals surface area (Å²) in [5.41, 5.74) is 3.20. The van der Waals surface area contributed by atoms with Crippen molar-refractivity contribution >= 4 is 23.5 Å². The molecule has 0 spiro atoms. The predicted molar refractivity (Wildman–Crippen MR) is 90.9 cm³/mol. The monoisotopic (exact) mass is 310 g/mol. The van der Waals surface area contributed by atoms with Crippen molar-refractivity contribution < 1.29 is 9.90 Å². The molecule has 0 unspecified atom stereocenters. The Balaban J connectivity index is 2.53. The Morgan fingerprint density at radius 2 is 2.10 bits per heavy atom. The fraction of sp³-hybridized carbons (Fsp3) is 0.562. The van der Waals surface area contributed by atoms with E-state index in [-0.39, 0.29) is 18.1 Å². The molecule has 0 fully saturated rings. The SMILES string of the molecule is CSCc1cccc(NC(=O)NC[C@@H](C)C[C@H](C)O)c1C. The molecule has 1 rings (SSSR count). The largest absolute Gasteiger partial charge is 0.393 e. The lowest BCUT2D eigenvalue weighted by Crippen LogP contribution is -2.33. The van der Waals surface area contributed by atoms with Gasteiger partial charge in [0.15, 0.2) is 0 Å². The lowest BCUT2D eigenvalue weighted by molar-refractivity contribution is 0.163. The van der Waals surface area contributed by atoms with E-state index in [9.17, 15) is 9.90 Å². The minimum atomic E-state index is -0.338. The Hall–Kier alpha value is -1.20. The maximum atomic E-state index is 11.9. The van der Waals surface area contributed by atoms with Crippen molar-refractivity contribution in [2.24, 2.45) is 5.92 Å². The zero-order valence-corrected chi connectivity index (χ0v) is 14.1. The molecule has 5 heteroatoms. The minimum Gasteiger partial charge on any atom is -0.393 e. The van der Waals surface area contributed by atoms with Gasteiger partial charge in [-0.15, -0.1) is 0 Å². The molecule has 0 radical (unpaired) electrons. The van der Waals surface area contributed by atoms with Crippen LogP contribution in [0, 0.1) is 12.8 Å².